The molecule has 0 bridgehead atoms. The monoisotopic (exact) mass is 247 g/mol. The number of amides is 1. The summed E-state index contributed by atoms with van der Waals surface area (Å²) in [5.41, 5.74) is 1.46. The van der Waals surface area contributed by atoms with Gasteiger partial charge in [0.05, 0.1) is 12.7 Å². The van der Waals surface area contributed by atoms with Crippen LogP contribution in [0, 0.1) is 0 Å². The van der Waals surface area contributed by atoms with E-state index in [4.69, 9.17) is 4.74 Å². The summed E-state index contributed by atoms with van der Waals surface area (Å²) in [6.07, 6.45) is 5.39. The fourth-order valence-corrected chi connectivity index (χ4v) is 1.50. The van der Waals surface area contributed by atoms with Crippen LogP contribution in [0.1, 0.15) is 29.3 Å². The van der Waals surface area contributed by atoms with Crippen LogP contribution < -0.4 is 10.1 Å². The van der Waals surface area contributed by atoms with E-state index >= 15 is 0 Å². The van der Waals surface area contributed by atoms with Crippen LogP contribution >= 0.6 is 0 Å². The third kappa shape index (κ3) is 4.41. The van der Waals surface area contributed by atoms with Crippen LogP contribution in [0.3, 0.4) is 0 Å². The summed E-state index contributed by atoms with van der Waals surface area (Å²) >= 11 is 0. The molecule has 96 valence electrons. The Balaban J connectivity index is 2.59. The zero-order chi connectivity index (χ0) is 13.4. The highest BCUT2D eigenvalue weighted by molar-refractivity contribution is 5.80. The lowest BCUT2D eigenvalue weighted by Gasteiger charge is -2.03. The van der Waals surface area contributed by atoms with Crippen molar-refractivity contribution in [3.05, 3.63) is 35.4 Å². The zero-order valence-electron chi connectivity index (χ0n) is 10.6. The molecular weight excluding hydrogens is 230 g/mol. The van der Waals surface area contributed by atoms with E-state index in [0.717, 1.165) is 18.3 Å². The number of hydrogen-bond acceptors (Lipinski definition) is 3. The fraction of sp³-hybridized carbons (Fsp3) is 0.286. The summed E-state index contributed by atoms with van der Waals surface area (Å²) < 4.78 is 5.06. The molecule has 1 amide bonds. The Morgan fingerprint density at radius 1 is 1.44 bits per heavy atom. The highest BCUT2D eigenvalue weighted by Gasteiger charge is 2.01. The molecule has 0 aliphatic heterocycles. The average molecular weight is 247 g/mol. The number of ether oxygens (including phenoxy) is 1. The van der Waals surface area contributed by atoms with Gasteiger partial charge >= 0.3 is 0 Å². The van der Waals surface area contributed by atoms with E-state index in [2.05, 4.69) is 5.32 Å². The number of carbonyl (C=O) groups excluding carboxylic acids is 2. The summed E-state index contributed by atoms with van der Waals surface area (Å²) in [5, 5.41) is 2.71. The Labute approximate surface area is 107 Å². The molecule has 0 aliphatic rings. The standard InChI is InChI=1S/C14H17NO3/c1-11(17)15-8-4-3-5-12-6-7-14(18-2)13(9-12)10-16/h3,5-7,9-10H,4,8H2,1-2H3,(H,15,17). The first-order valence-corrected chi connectivity index (χ1v) is 5.71. The van der Waals surface area contributed by atoms with Gasteiger partial charge in [0.2, 0.25) is 5.91 Å². The highest BCUT2D eigenvalue weighted by atomic mass is 16.5. The lowest BCUT2D eigenvalue weighted by Crippen LogP contribution is -2.20. The van der Waals surface area contributed by atoms with Crippen molar-refractivity contribution in [3.63, 3.8) is 0 Å². The van der Waals surface area contributed by atoms with Gasteiger partial charge in [-0.3, -0.25) is 9.59 Å². The van der Waals surface area contributed by atoms with Crippen molar-refractivity contribution < 1.29 is 14.3 Å². The Morgan fingerprint density at radius 3 is 2.83 bits per heavy atom. The summed E-state index contributed by atoms with van der Waals surface area (Å²) in [7, 11) is 1.53. The van der Waals surface area contributed by atoms with E-state index < -0.39 is 0 Å². The second kappa shape index (κ2) is 7.27. The number of hydrogen-bond donors (Lipinski definition) is 1. The number of aldehydes is 1. The minimum absolute atomic E-state index is 0.0314. The smallest absolute Gasteiger partial charge is 0.216 e. The van der Waals surface area contributed by atoms with Crippen LogP contribution in [0.2, 0.25) is 0 Å². The van der Waals surface area contributed by atoms with Crippen molar-refractivity contribution >= 4 is 18.3 Å². The molecule has 1 aromatic carbocycles. The minimum atomic E-state index is -0.0314. The number of nitrogens with one attached hydrogen (secondary N) is 1. The molecule has 0 radical (unpaired) electrons. The van der Waals surface area contributed by atoms with Gasteiger partial charge in [0.15, 0.2) is 6.29 Å². The predicted octanol–water partition coefficient (Wildman–Crippen LogP) is 2.05. The van der Waals surface area contributed by atoms with Gasteiger partial charge < -0.3 is 10.1 Å². The van der Waals surface area contributed by atoms with Crippen molar-refractivity contribution in [2.45, 2.75) is 13.3 Å². The molecular formula is C14H17NO3. The van der Waals surface area contributed by atoms with Crippen LogP contribution in [-0.2, 0) is 4.79 Å². The molecule has 1 rings (SSSR count). The predicted molar refractivity (Wildman–Crippen MR) is 70.7 cm³/mol. The lowest BCUT2D eigenvalue weighted by atomic mass is 10.1. The Morgan fingerprint density at radius 2 is 2.22 bits per heavy atom. The number of benzene rings is 1. The maximum Gasteiger partial charge on any atom is 0.216 e. The quantitative estimate of drug-likeness (QED) is 0.618. The average Bonchev–Trinajstić information content (AvgIpc) is 2.37. The van der Waals surface area contributed by atoms with E-state index in [1.807, 2.05) is 18.2 Å². The van der Waals surface area contributed by atoms with E-state index in [-0.39, 0.29) is 5.91 Å². The van der Waals surface area contributed by atoms with Gasteiger partial charge in [0, 0.05) is 13.5 Å². The molecule has 0 aliphatic carbocycles. The largest absolute Gasteiger partial charge is 0.496 e. The topological polar surface area (TPSA) is 55.4 Å². The van der Waals surface area contributed by atoms with E-state index in [0.29, 0.717) is 17.9 Å². The summed E-state index contributed by atoms with van der Waals surface area (Å²) in [5.74, 6) is 0.538. The van der Waals surface area contributed by atoms with E-state index in [1.54, 1.807) is 12.1 Å². The van der Waals surface area contributed by atoms with Crippen molar-refractivity contribution in [1.29, 1.82) is 0 Å². The molecule has 1 aromatic rings. The van der Waals surface area contributed by atoms with Gasteiger partial charge in [-0.15, -0.1) is 0 Å². The fourth-order valence-electron chi connectivity index (χ4n) is 1.50. The van der Waals surface area contributed by atoms with Gasteiger partial charge in [-0.1, -0.05) is 18.2 Å². The summed E-state index contributed by atoms with van der Waals surface area (Å²) in [6, 6.07) is 5.40. The Kier molecular flexibility index (Phi) is 5.64. The SMILES string of the molecule is COc1ccc(C=CCCNC(C)=O)cc1C=O. The summed E-state index contributed by atoms with van der Waals surface area (Å²) in [4.78, 5) is 21.5. The van der Waals surface area contributed by atoms with Crippen molar-refractivity contribution in [3.8, 4) is 5.75 Å². The molecule has 18 heavy (non-hydrogen) atoms. The molecule has 0 heterocycles. The molecule has 0 atom stereocenters. The van der Waals surface area contributed by atoms with Gasteiger partial charge in [0.1, 0.15) is 5.75 Å². The van der Waals surface area contributed by atoms with Crippen LogP contribution in [0.4, 0.5) is 0 Å². The maximum atomic E-state index is 10.8. The normalized spacial score (nSPS) is 10.3. The molecule has 0 saturated heterocycles. The Bertz CT molecular complexity index is 452. The van der Waals surface area contributed by atoms with Gasteiger partial charge in [-0.05, 0) is 24.1 Å². The van der Waals surface area contributed by atoms with Gasteiger partial charge in [-0.2, -0.15) is 0 Å². The third-order valence-corrected chi connectivity index (χ3v) is 2.38. The van der Waals surface area contributed by atoms with Crippen LogP contribution in [0.15, 0.2) is 24.3 Å². The first kappa shape index (κ1) is 14.0. The summed E-state index contributed by atoms with van der Waals surface area (Å²) in [6.45, 7) is 2.10. The lowest BCUT2D eigenvalue weighted by molar-refractivity contribution is -0.118. The van der Waals surface area contributed by atoms with Gasteiger partial charge in [0.25, 0.3) is 0 Å². The van der Waals surface area contributed by atoms with Crippen molar-refractivity contribution in [2.24, 2.45) is 0 Å². The second-order valence-electron chi connectivity index (χ2n) is 3.79. The number of carbonyl (C=O) groups is 2. The molecule has 0 saturated carbocycles. The highest BCUT2D eigenvalue weighted by Crippen LogP contribution is 2.18. The van der Waals surface area contributed by atoms with Crippen molar-refractivity contribution in [1.82, 2.24) is 5.32 Å². The molecule has 4 nitrogen and oxygen atoms in total. The van der Waals surface area contributed by atoms with Crippen LogP contribution in [-0.4, -0.2) is 25.8 Å². The molecule has 0 spiro atoms. The maximum absolute atomic E-state index is 10.8. The molecule has 0 fully saturated rings. The molecule has 1 N–H and O–H groups in total. The van der Waals surface area contributed by atoms with Crippen LogP contribution in [0.5, 0.6) is 5.75 Å². The van der Waals surface area contributed by atoms with E-state index in [1.165, 1.54) is 14.0 Å². The van der Waals surface area contributed by atoms with E-state index in [9.17, 15) is 9.59 Å². The number of methoxy groups -OCH3 is 1. The second-order valence-corrected chi connectivity index (χ2v) is 3.79. The van der Waals surface area contributed by atoms with Crippen LogP contribution in [0.25, 0.3) is 6.08 Å². The van der Waals surface area contributed by atoms with Crippen molar-refractivity contribution in [2.75, 3.05) is 13.7 Å². The zero-order valence-corrected chi connectivity index (χ0v) is 10.6. The van der Waals surface area contributed by atoms with Gasteiger partial charge in [-0.25, -0.2) is 0 Å². The third-order valence-electron chi connectivity index (χ3n) is 2.38. The minimum Gasteiger partial charge on any atom is -0.496 e. The molecule has 0 aromatic heterocycles. The molecule has 4 heteroatoms. The first-order chi connectivity index (χ1) is 8.67. The number of rotatable bonds is 6. The first-order valence-electron chi connectivity index (χ1n) is 5.71. The molecule has 0 unspecified atom stereocenters. The Hall–Kier alpha value is -2.10.